The number of hydrogen-bond donors (Lipinski definition) is 1. The van der Waals surface area contributed by atoms with Crippen LogP contribution in [0.15, 0.2) is 24.3 Å². The van der Waals surface area contributed by atoms with E-state index in [1.54, 1.807) is 6.07 Å². The van der Waals surface area contributed by atoms with E-state index in [-0.39, 0.29) is 5.41 Å². The smallest absolute Gasteiger partial charge is 0.119 e. The molecule has 0 saturated heterocycles. The van der Waals surface area contributed by atoms with Gasteiger partial charge < -0.3 is 5.11 Å². The average molecular weight is 180 g/mol. The van der Waals surface area contributed by atoms with E-state index in [9.17, 15) is 5.11 Å². The van der Waals surface area contributed by atoms with Crippen LogP contribution >= 0.6 is 0 Å². The van der Waals surface area contributed by atoms with Gasteiger partial charge in [0.15, 0.2) is 0 Å². The molecule has 0 aliphatic carbocycles. The zero-order valence-corrected chi connectivity index (χ0v) is 9.26. The average Bonchev–Trinajstić information content (AvgIpc) is 2.07. The molecule has 1 nitrogen and oxygen atoms in total. The van der Waals surface area contributed by atoms with Crippen molar-refractivity contribution in [2.75, 3.05) is 0 Å². The monoisotopic (exact) mass is 180 g/mol. The summed E-state index contributed by atoms with van der Waals surface area (Å²) in [4.78, 5) is 0. The van der Waals surface area contributed by atoms with Crippen molar-refractivity contribution in [1.82, 2.24) is 0 Å². The molecular weight excluding hydrogens is 160 g/mol. The van der Waals surface area contributed by atoms with Crippen LogP contribution in [0.1, 0.15) is 40.2 Å². The van der Waals surface area contributed by atoms with Crippen LogP contribution in [-0.4, -0.2) is 5.11 Å². The minimum Gasteiger partial charge on any atom is -0.508 e. The largest absolute Gasteiger partial charge is 0.508 e. The Bertz CT molecular complexity index is 246. The lowest BCUT2D eigenvalue weighted by atomic mass is 9.86. The first kappa shape index (κ1) is 12.0. The highest BCUT2D eigenvalue weighted by Gasteiger charge is 2.16. The van der Waals surface area contributed by atoms with Crippen molar-refractivity contribution in [2.45, 2.75) is 40.0 Å². The topological polar surface area (TPSA) is 20.2 Å². The molecule has 1 aromatic rings. The Morgan fingerprint density at radius 1 is 1.00 bits per heavy atom. The van der Waals surface area contributed by atoms with Gasteiger partial charge in [0.1, 0.15) is 5.75 Å². The number of hydrogen-bond acceptors (Lipinski definition) is 1. The second kappa shape index (κ2) is 4.90. The molecule has 1 rings (SSSR count). The predicted molar refractivity (Wildman–Crippen MR) is 58.2 cm³/mol. The molecule has 0 bridgehead atoms. The lowest BCUT2D eigenvalue weighted by Crippen LogP contribution is -2.10. The Hall–Kier alpha value is -0.980. The molecule has 1 heteroatoms. The molecule has 0 atom stereocenters. The predicted octanol–water partition coefficient (Wildman–Crippen LogP) is 3.72. The van der Waals surface area contributed by atoms with Crippen molar-refractivity contribution in [3.8, 4) is 5.75 Å². The summed E-state index contributed by atoms with van der Waals surface area (Å²) in [6.45, 7) is 10.3. The molecule has 0 saturated carbocycles. The first-order valence-corrected chi connectivity index (χ1v) is 4.80. The second-order valence-corrected chi connectivity index (χ2v) is 3.77. The fourth-order valence-corrected chi connectivity index (χ4v) is 1.11. The van der Waals surface area contributed by atoms with Gasteiger partial charge >= 0.3 is 0 Å². The summed E-state index contributed by atoms with van der Waals surface area (Å²) in [5, 5.41) is 9.45. The molecule has 0 radical (unpaired) electrons. The van der Waals surface area contributed by atoms with Gasteiger partial charge in [0, 0.05) is 0 Å². The van der Waals surface area contributed by atoms with Crippen molar-refractivity contribution < 1.29 is 5.11 Å². The summed E-state index contributed by atoms with van der Waals surface area (Å²) < 4.78 is 0. The number of phenols is 1. The van der Waals surface area contributed by atoms with Crippen molar-refractivity contribution >= 4 is 0 Å². The van der Waals surface area contributed by atoms with Crippen LogP contribution in [0.5, 0.6) is 5.75 Å². The van der Waals surface area contributed by atoms with Crippen LogP contribution in [0.4, 0.5) is 0 Å². The maximum Gasteiger partial charge on any atom is 0.119 e. The van der Waals surface area contributed by atoms with Gasteiger partial charge in [-0.3, -0.25) is 0 Å². The van der Waals surface area contributed by atoms with E-state index in [1.165, 1.54) is 0 Å². The first-order valence-electron chi connectivity index (χ1n) is 4.80. The van der Waals surface area contributed by atoms with Gasteiger partial charge in [-0.25, -0.2) is 0 Å². The molecular formula is C12H20O. The zero-order valence-electron chi connectivity index (χ0n) is 9.26. The third-order valence-corrected chi connectivity index (χ3v) is 1.71. The van der Waals surface area contributed by atoms with E-state index in [2.05, 4.69) is 20.8 Å². The lowest BCUT2D eigenvalue weighted by molar-refractivity contribution is 0.447. The summed E-state index contributed by atoms with van der Waals surface area (Å²) in [5.41, 5.74) is 1.03. The third-order valence-electron chi connectivity index (χ3n) is 1.71. The highest BCUT2D eigenvalue weighted by Crippen LogP contribution is 2.29. The molecule has 0 amide bonds. The van der Waals surface area contributed by atoms with Gasteiger partial charge in [-0.1, -0.05) is 52.8 Å². The Morgan fingerprint density at radius 2 is 1.46 bits per heavy atom. The van der Waals surface area contributed by atoms with Crippen LogP contribution in [-0.2, 0) is 5.41 Å². The third kappa shape index (κ3) is 3.49. The van der Waals surface area contributed by atoms with E-state index >= 15 is 0 Å². The molecule has 0 aliphatic heterocycles. The minimum atomic E-state index is 0.0331. The van der Waals surface area contributed by atoms with Gasteiger partial charge in [-0.05, 0) is 17.0 Å². The molecule has 1 N–H and O–H groups in total. The molecule has 0 aliphatic rings. The van der Waals surface area contributed by atoms with Crippen molar-refractivity contribution in [3.05, 3.63) is 29.8 Å². The highest BCUT2D eigenvalue weighted by atomic mass is 16.3. The van der Waals surface area contributed by atoms with E-state index in [1.807, 2.05) is 32.0 Å². The molecule has 0 aromatic heterocycles. The van der Waals surface area contributed by atoms with E-state index in [4.69, 9.17) is 0 Å². The van der Waals surface area contributed by atoms with Gasteiger partial charge in [-0.15, -0.1) is 0 Å². The summed E-state index contributed by atoms with van der Waals surface area (Å²) >= 11 is 0. The Morgan fingerprint density at radius 3 is 1.77 bits per heavy atom. The first-order chi connectivity index (χ1) is 6.02. The van der Waals surface area contributed by atoms with E-state index < -0.39 is 0 Å². The summed E-state index contributed by atoms with van der Waals surface area (Å²) in [7, 11) is 0. The fourth-order valence-electron chi connectivity index (χ4n) is 1.11. The molecule has 13 heavy (non-hydrogen) atoms. The van der Waals surface area contributed by atoms with Crippen LogP contribution in [0.3, 0.4) is 0 Å². The van der Waals surface area contributed by atoms with Crippen LogP contribution < -0.4 is 0 Å². The Kier molecular flexibility index (Phi) is 4.53. The Labute approximate surface area is 81.4 Å². The number of phenolic OH excluding ortho intramolecular Hbond substituents is 1. The van der Waals surface area contributed by atoms with Gasteiger partial charge in [0.2, 0.25) is 0 Å². The van der Waals surface area contributed by atoms with Crippen LogP contribution in [0, 0.1) is 0 Å². The minimum absolute atomic E-state index is 0.0331. The van der Waals surface area contributed by atoms with Crippen molar-refractivity contribution in [1.29, 1.82) is 0 Å². The number of para-hydroxylation sites is 1. The quantitative estimate of drug-likeness (QED) is 0.645. The number of aromatic hydroxyl groups is 1. The maximum atomic E-state index is 9.45. The molecule has 0 fully saturated rings. The standard InChI is InChI=1S/C10H14O.C2H6/c1-10(2,3)8-6-4-5-7-9(8)11;1-2/h4-7,11H,1-3H3;1-2H3. The van der Waals surface area contributed by atoms with E-state index in [0.29, 0.717) is 5.75 Å². The molecule has 0 spiro atoms. The van der Waals surface area contributed by atoms with Gasteiger partial charge in [0.25, 0.3) is 0 Å². The second-order valence-electron chi connectivity index (χ2n) is 3.77. The SMILES string of the molecule is CC.CC(C)(C)c1ccccc1O. The molecule has 0 heterocycles. The summed E-state index contributed by atoms with van der Waals surface area (Å²) in [6.07, 6.45) is 0. The molecule has 0 unspecified atom stereocenters. The Balaban J connectivity index is 0.000000671. The maximum absolute atomic E-state index is 9.45. The van der Waals surface area contributed by atoms with Crippen molar-refractivity contribution in [3.63, 3.8) is 0 Å². The number of benzene rings is 1. The lowest BCUT2D eigenvalue weighted by Gasteiger charge is -2.19. The van der Waals surface area contributed by atoms with Gasteiger partial charge in [-0.2, -0.15) is 0 Å². The number of rotatable bonds is 0. The summed E-state index contributed by atoms with van der Waals surface area (Å²) in [6, 6.07) is 7.46. The van der Waals surface area contributed by atoms with Crippen LogP contribution in [0.25, 0.3) is 0 Å². The van der Waals surface area contributed by atoms with Crippen LogP contribution in [0.2, 0.25) is 0 Å². The summed E-state index contributed by atoms with van der Waals surface area (Å²) in [5.74, 6) is 0.389. The molecule has 1 aromatic carbocycles. The van der Waals surface area contributed by atoms with Gasteiger partial charge in [0.05, 0.1) is 0 Å². The van der Waals surface area contributed by atoms with Crippen molar-refractivity contribution in [2.24, 2.45) is 0 Å². The normalized spacial score (nSPS) is 10.2. The zero-order chi connectivity index (χ0) is 10.5. The highest BCUT2D eigenvalue weighted by molar-refractivity contribution is 5.36. The van der Waals surface area contributed by atoms with E-state index in [0.717, 1.165) is 5.56 Å². The fraction of sp³-hybridized carbons (Fsp3) is 0.500. The molecule has 74 valence electrons.